The Morgan fingerprint density at radius 2 is 2.25 bits per heavy atom. The van der Waals surface area contributed by atoms with Crippen molar-refractivity contribution >= 4 is 0 Å². The Kier molecular flexibility index (Phi) is 3.80. The number of hydrogen-bond acceptors (Lipinski definition) is 5. The van der Waals surface area contributed by atoms with Crippen LogP contribution in [-0.4, -0.2) is 47.8 Å². The summed E-state index contributed by atoms with van der Waals surface area (Å²) in [5.41, 5.74) is 2.20. The molecule has 1 aliphatic rings. The molecule has 0 aliphatic carbocycles. The number of aryl methyl sites for hydroxylation is 1. The molecule has 1 atom stereocenters. The van der Waals surface area contributed by atoms with Crippen LogP contribution >= 0.6 is 0 Å². The van der Waals surface area contributed by atoms with Crippen molar-refractivity contribution in [2.24, 2.45) is 0 Å². The molecular formula is C15H20N4O. The largest absolute Gasteiger partial charge is 0.339 e. The van der Waals surface area contributed by atoms with Crippen LogP contribution in [0.25, 0.3) is 11.4 Å². The lowest BCUT2D eigenvalue weighted by molar-refractivity contribution is 0.227. The highest BCUT2D eigenvalue weighted by Crippen LogP contribution is 2.20. The van der Waals surface area contributed by atoms with Gasteiger partial charge in [-0.3, -0.25) is 0 Å². The van der Waals surface area contributed by atoms with Gasteiger partial charge < -0.3 is 14.7 Å². The maximum absolute atomic E-state index is 5.39. The number of aromatic nitrogens is 2. The summed E-state index contributed by atoms with van der Waals surface area (Å²) in [6.45, 7) is 5.18. The third-order valence-electron chi connectivity index (χ3n) is 3.73. The number of nitrogens with zero attached hydrogens (tertiary/aromatic N) is 3. The lowest BCUT2D eigenvalue weighted by Crippen LogP contribution is -2.49. The fourth-order valence-electron chi connectivity index (χ4n) is 2.61. The zero-order valence-corrected chi connectivity index (χ0v) is 12.0. The van der Waals surface area contributed by atoms with E-state index in [1.54, 1.807) is 0 Å². The predicted molar refractivity (Wildman–Crippen MR) is 77.5 cm³/mol. The zero-order valence-electron chi connectivity index (χ0n) is 12.0. The van der Waals surface area contributed by atoms with E-state index in [9.17, 15) is 0 Å². The van der Waals surface area contributed by atoms with Crippen LogP contribution in [-0.2, 0) is 6.42 Å². The molecule has 1 saturated heterocycles. The van der Waals surface area contributed by atoms with Gasteiger partial charge in [0, 0.05) is 37.7 Å². The topological polar surface area (TPSA) is 54.2 Å². The van der Waals surface area contributed by atoms with E-state index < -0.39 is 0 Å². The Balaban J connectivity index is 1.72. The normalized spacial score (nSPS) is 20.2. The number of likely N-dealkylation sites (N-methyl/N-ethyl adjacent to an activating group) is 1. The summed E-state index contributed by atoms with van der Waals surface area (Å²) >= 11 is 0. The molecule has 0 radical (unpaired) electrons. The average Bonchev–Trinajstić information content (AvgIpc) is 2.87. The second-order valence-corrected chi connectivity index (χ2v) is 5.44. The molecule has 20 heavy (non-hydrogen) atoms. The van der Waals surface area contributed by atoms with E-state index in [4.69, 9.17) is 4.52 Å². The highest BCUT2D eigenvalue weighted by Gasteiger charge is 2.20. The summed E-state index contributed by atoms with van der Waals surface area (Å²) in [5.74, 6) is 1.39. The lowest BCUT2D eigenvalue weighted by Gasteiger charge is -2.29. The number of benzene rings is 1. The van der Waals surface area contributed by atoms with Crippen molar-refractivity contribution in [2.75, 3.05) is 26.7 Å². The second kappa shape index (κ2) is 5.73. The van der Waals surface area contributed by atoms with Crippen LogP contribution in [0, 0.1) is 6.92 Å². The van der Waals surface area contributed by atoms with Crippen molar-refractivity contribution in [1.82, 2.24) is 20.4 Å². The van der Waals surface area contributed by atoms with Gasteiger partial charge in [0.25, 0.3) is 0 Å². The van der Waals surface area contributed by atoms with Crippen molar-refractivity contribution < 1.29 is 4.52 Å². The van der Waals surface area contributed by atoms with Gasteiger partial charge >= 0.3 is 0 Å². The summed E-state index contributed by atoms with van der Waals surface area (Å²) in [6, 6.07) is 8.48. The van der Waals surface area contributed by atoms with Gasteiger partial charge in [-0.25, -0.2) is 0 Å². The fourth-order valence-corrected chi connectivity index (χ4v) is 2.61. The van der Waals surface area contributed by atoms with E-state index in [1.807, 2.05) is 18.2 Å². The first-order valence-corrected chi connectivity index (χ1v) is 7.03. The molecule has 1 aromatic heterocycles. The molecule has 2 heterocycles. The van der Waals surface area contributed by atoms with Gasteiger partial charge in [0.05, 0.1) is 0 Å². The minimum absolute atomic E-state index is 0.388. The summed E-state index contributed by atoms with van der Waals surface area (Å²) in [6.07, 6.45) is 0.781. The number of hydrogen-bond donors (Lipinski definition) is 1. The Hall–Kier alpha value is -1.72. The average molecular weight is 272 g/mol. The van der Waals surface area contributed by atoms with E-state index >= 15 is 0 Å². The first-order chi connectivity index (χ1) is 9.72. The predicted octanol–water partition coefficient (Wildman–Crippen LogP) is 1.49. The maximum Gasteiger partial charge on any atom is 0.228 e. The first kappa shape index (κ1) is 13.3. The lowest BCUT2D eigenvalue weighted by atomic mass is 10.1. The Labute approximate surface area is 119 Å². The molecule has 0 spiro atoms. The first-order valence-electron chi connectivity index (χ1n) is 7.03. The van der Waals surface area contributed by atoms with Gasteiger partial charge in [0.1, 0.15) is 0 Å². The Bertz CT molecular complexity index is 581. The Morgan fingerprint density at radius 1 is 1.40 bits per heavy atom. The highest BCUT2D eigenvalue weighted by molar-refractivity contribution is 5.58. The summed E-state index contributed by atoms with van der Waals surface area (Å²) < 4.78 is 5.39. The van der Waals surface area contributed by atoms with Crippen LogP contribution in [0.5, 0.6) is 0 Å². The molecule has 1 unspecified atom stereocenters. The minimum Gasteiger partial charge on any atom is -0.339 e. The number of rotatable bonds is 3. The minimum atomic E-state index is 0.388. The van der Waals surface area contributed by atoms with Gasteiger partial charge in [-0.05, 0) is 19.5 Å². The van der Waals surface area contributed by atoms with Gasteiger partial charge in [-0.2, -0.15) is 4.98 Å². The molecule has 106 valence electrons. The van der Waals surface area contributed by atoms with E-state index in [-0.39, 0.29) is 0 Å². The third-order valence-corrected chi connectivity index (χ3v) is 3.73. The Morgan fingerprint density at radius 3 is 3.05 bits per heavy atom. The molecule has 1 aromatic carbocycles. The number of nitrogens with one attached hydrogen (secondary N) is 1. The molecule has 1 N–H and O–H groups in total. The molecule has 1 fully saturated rings. The van der Waals surface area contributed by atoms with Crippen LogP contribution in [0.3, 0.4) is 0 Å². The molecule has 3 rings (SSSR count). The molecule has 0 bridgehead atoms. The SMILES string of the molecule is Cc1ccccc1-c1noc(CC2CN(C)CCN2)n1. The third kappa shape index (κ3) is 2.89. The monoisotopic (exact) mass is 272 g/mol. The standard InChI is InChI=1S/C15H20N4O/c1-11-5-3-4-6-13(11)15-17-14(20-18-15)9-12-10-19(2)8-7-16-12/h3-6,12,16H,7-10H2,1-2H3. The quantitative estimate of drug-likeness (QED) is 0.917. The summed E-state index contributed by atoms with van der Waals surface area (Å²) in [4.78, 5) is 6.84. The van der Waals surface area contributed by atoms with Crippen LogP contribution in [0.2, 0.25) is 0 Å². The van der Waals surface area contributed by atoms with E-state index in [0.717, 1.165) is 37.2 Å². The van der Waals surface area contributed by atoms with Crippen LogP contribution in [0.15, 0.2) is 28.8 Å². The molecule has 2 aromatic rings. The van der Waals surface area contributed by atoms with E-state index in [2.05, 4.69) is 40.4 Å². The molecule has 5 heteroatoms. The van der Waals surface area contributed by atoms with Crippen molar-refractivity contribution in [2.45, 2.75) is 19.4 Å². The van der Waals surface area contributed by atoms with Gasteiger partial charge in [-0.1, -0.05) is 29.4 Å². The van der Waals surface area contributed by atoms with Gasteiger partial charge in [-0.15, -0.1) is 0 Å². The van der Waals surface area contributed by atoms with Gasteiger partial charge in [0.15, 0.2) is 0 Å². The maximum atomic E-state index is 5.39. The number of piperazine rings is 1. The zero-order chi connectivity index (χ0) is 13.9. The smallest absolute Gasteiger partial charge is 0.228 e. The van der Waals surface area contributed by atoms with Gasteiger partial charge in [0.2, 0.25) is 11.7 Å². The molecule has 1 aliphatic heterocycles. The summed E-state index contributed by atoms with van der Waals surface area (Å²) in [7, 11) is 2.14. The fraction of sp³-hybridized carbons (Fsp3) is 0.467. The van der Waals surface area contributed by atoms with Crippen LogP contribution in [0.1, 0.15) is 11.5 Å². The van der Waals surface area contributed by atoms with Crippen molar-refractivity contribution in [3.05, 3.63) is 35.7 Å². The van der Waals surface area contributed by atoms with Crippen LogP contribution in [0.4, 0.5) is 0 Å². The molecular weight excluding hydrogens is 252 g/mol. The molecule has 0 amide bonds. The van der Waals surface area contributed by atoms with Crippen molar-refractivity contribution in [3.63, 3.8) is 0 Å². The van der Waals surface area contributed by atoms with E-state index in [1.165, 1.54) is 0 Å². The highest BCUT2D eigenvalue weighted by atomic mass is 16.5. The van der Waals surface area contributed by atoms with Crippen molar-refractivity contribution in [1.29, 1.82) is 0 Å². The van der Waals surface area contributed by atoms with Crippen LogP contribution < -0.4 is 5.32 Å². The molecule has 0 saturated carbocycles. The van der Waals surface area contributed by atoms with Crippen molar-refractivity contribution in [3.8, 4) is 11.4 Å². The van der Waals surface area contributed by atoms with E-state index in [0.29, 0.717) is 17.8 Å². The second-order valence-electron chi connectivity index (χ2n) is 5.44. The summed E-state index contributed by atoms with van der Waals surface area (Å²) in [5, 5.41) is 7.59. The molecule has 5 nitrogen and oxygen atoms in total.